The van der Waals surface area contributed by atoms with Crippen LogP contribution in [0, 0.1) is 17.8 Å². The van der Waals surface area contributed by atoms with E-state index in [2.05, 4.69) is 31.0 Å². The Morgan fingerprint density at radius 2 is 1.86 bits per heavy atom. The van der Waals surface area contributed by atoms with Crippen molar-refractivity contribution < 1.29 is 4.79 Å². The standard InChI is InChI=1S/C18H32N2O/c1-4-15-18(21)20(16-10-9-12(2)11-13(16)3)17(19-15)14-7-5-6-8-14/h12-17,19H,4-11H2,1-3H3. The van der Waals surface area contributed by atoms with Crippen LogP contribution in [0.3, 0.4) is 0 Å². The molecule has 3 nitrogen and oxygen atoms in total. The molecule has 5 atom stereocenters. The maximum atomic E-state index is 12.9. The zero-order valence-corrected chi connectivity index (χ0v) is 14.0. The van der Waals surface area contributed by atoms with Crippen LogP contribution in [-0.2, 0) is 4.79 Å². The summed E-state index contributed by atoms with van der Waals surface area (Å²) >= 11 is 0. The fourth-order valence-corrected chi connectivity index (χ4v) is 5.04. The molecule has 3 rings (SSSR count). The summed E-state index contributed by atoms with van der Waals surface area (Å²) in [6.07, 6.45) is 10.3. The monoisotopic (exact) mass is 292 g/mol. The number of carbonyl (C=O) groups excluding carboxylic acids is 1. The van der Waals surface area contributed by atoms with E-state index in [1.54, 1.807) is 0 Å². The van der Waals surface area contributed by atoms with Gasteiger partial charge in [-0.2, -0.15) is 0 Å². The molecule has 21 heavy (non-hydrogen) atoms. The van der Waals surface area contributed by atoms with Gasteiger partial charge in [-0.3, -0.25) is 10.1 Å². The molecule has 1 aliphatic heterocycles. The van der Waals surface area contributed by atoms with Crippen molar-refractivity contribution in [2.45, 2.75) is 90.4 Å². The molecule has 3 aliphatic rings. The minimum atomic E-state index is 0.0714. The largest absolute Gasteiger partial charge is 0.322 e. The molecule has 0 spiro atoms. The number of hydrogen-bond acceptors (Lipinski definition) is 2. The number of nitrogens with one attached hydrogen (secondary N) is 1. The number of amides is 1. The molecule has 0 aromatic carbocycles. The third-order valence-corrected chi connectivity index (χ3v) is 6.22. The van der Waals surface area contributed by atoms with Gasteiger partial charge in [0.05, 0.1) is 12.2 Å². The molecule has 2 aliphatic carbocycles. The smallest absolute Gasteiger partial charge is 0.241 e. The van der Waals surface area contributed by atoms with Gasteiger partial charge in [-0.25, -0.2) is 0 Å². The van der Waals surface area contributed by atoms with Gasteiger partial charge < -0.3 is 4.90 Å². The van der Waals surface area contributed by atoms with E-state index < -0.39 is 0 Å². The lowest BCUT2D eigenvalue weighted by atomic mass is 9.78. The Morgan fingerprint density at radius 3 is 2.48 bits per heavy atom. The minimum absolute atomic E-state index is 0.0714. The van der Waals surface area contributed by atoms with Crippen LogP contribution in [0.1, 0.15) is 72.1 Å². The van der Waals surface area contributed by atoms with Crippen molar-refractivity contribution in [2.75, 3.05) is 0 Å². The molecule has 1 N–H and O–H groups in total. The molecule has 3 heteroatoms. The maximum absolute atomic E-state index is 12.9. The topological polar surface area (TPSA) is 32.3 Å². The fraction of sp³-hybridized carbons (Fsp3) is 0.944. The van der Waals surface area contributed by atoms with Gasteiger partial charge in [0.15, 0.2) is 0 Å². The number of rotatable bonds is 3. The Bertz CT molecular complexity index is 377. The van der Waals surface area contributed by atoms with Crippen LogP contribution in [0.25, 0.3) is 0 Å². The highest BCUT2D eigenvalue weighted by Gasteiger charge is 2.47. The van der Waals surface area contributed by atoms with Crippen molar-refractivity contribution in [2.24, 2.45) is 17.8 Å². The summed E-state index contributed by atoms with van der Waals surface area (Å²) in [4.78, 5) is 15.2. The SMILES string of the molecule is CCC1NC(C2CCCC2)N(C2CCC(C)CC2C)C1=O. The molecule has 3 fully saturated rings. The van der Waals surface area contributed by atoms with E-state index in [1.165, 1.54) is 44.9 Å². The van der Waals surface area contributed by atoms with Gasteiger partial charge in [0.1, 0.15) is 0 Å². The normalized spacial score (nSPS) is 42.0. The number of carbonyl (C=O) groups is 1. The quantitative estimate of drug-likeness (QED) is 0.863. The van der Waals surface area contributed by atoms with Gasteiger partial charge in [-0.1, -0.05) is 33.6 Å². The van der Waals surface area contributed by atoms with Crippen LogP contribution < -0.4 is 5.32 Å². The molecular formula is C18H32N2O. The van der Waals surface area contributed by atoms with Crippen molar-refractivity contribution in [3.63, 3.8) is 0 Å². The molecule has 5 unspecified atom stereocenters. The highest BCUT2D eigenvalue weighted by Crippen LogP contribution is 2.39. The molecule has 0 radical (unpaired) electrons. The highest BCUT2D eigenvalue weighted by molar-refractivity contribution is 5.84. The van der Waals surface area contributed by atoms with Gasteiger partial charge in [-0.15, -0.1) is 0 Å². The summed E-state index contributed by atoms with van der Waals surface area (Å²) in [5.41, 5.74) is 0. The summed E-state index contributed by atoms with van der Waals surface area (Å²) < 4.78 is 0. The van der Waals surface area contributed by atoms with Gasteiger partial charge in [-0.05, 0) is 56.3 Å². The van der Waals surface area contributed by atoms with E-state index in [0.29, 0.717) is 30.0 Å². The second-order valence-corrected chi connectivity index (χ2v) is 7.83. The van der Waals surface area contributed by atoms with Crippen LogP contribution in [-0.4, -0.2) is 29.1 Å². The zero-order valence-electron chi connectivity index (χ0n) is 14.0. The summed E-state index contributed by atoms with van der Waals surface area (Å²) in [5, 5.41) is 3.69. The van der Waals surface area contributed by atoms with Crippen molar-refractivity contribution in [3.8, 4) is 0 Å². The Labute approximate surface area is 129 Å². The number of hydrogen-bond donors (Lipinski definition) is 1. The Kier molecular flexibility index (Phi) is 4.58. The third kappa shape index (κ3) is 2.86. The van der Waals surface area contributed by atoms with Gasteiger partial charge >= 0.3 is 0 Å². The second-order valence-electron chi connectivity index (χ2n) is 7.83. The molecule has 0 aromatic heterocycles. The first kappa shape index (κ1) is 15.3. The van der Waals surface area contributed by atoms with E-state index in [9.17, 15) is 4.79 Å². The van der Waals surface area contributed by atoms with Gasteiger partial charge in [0.2, 0.25) is 5.91 Å². The molecule has 2 saturated carbocycles. The van der Waals surface area contributed by atoms with E-state index in [-0.39, 0.29) is 6.04 Å². The van der Waals surface area contributed by atoms with Crippen LogP contribution in [0.15, 0.2) is 0 Å². The highest BCUT2D eigenvalue weighted by atomic mass is 16.2. The van der Waals surface area contributed by atoms with Gasteiger partial charge in [0, 0.05) is 6.04 Å². The minimum Gasteiger partial charge on any atom is -0.322 e. The summed E-state index contributed by atoms with van der Waals surface area (Å²) in [7, 11) is 0. The molecule has 1 amide bonds. The van der Waals surface area contributed by atoms with Gasteiger partial charge in [0.25, 0.3) is 0 Å². The summed E-state index contributed by atoms with van der Waals surface area (Å²) in [6, 6.07) is 0.547. The molecule has 0 aromatic rings. The van der Waals surface area contributed by atoms with Crippen LogP contribution >= 0.6 is 0 Å². The van der Waals surface area contributed by atoms with E-state index in [4.69, 9.17) is 0 Å². The summed E-state index contributed by atoms with van der Waals surface area (Å²) in [6.45, 7) is 6.86. The van der Waals surface area contributed by atoms with E-state index >= 15 is 0 Å². The lowest BCUT2D eigenvalue weighted by Gasteiger charge is -2.42. The lowest BCUT2D eigenvalue weighted by molar-refractivity contribution is -0.135. The fourth-order valence-electron chi connectivity index (χ4n) is 5.04. The average molecular weight is 292 g/mol. The van der Waals surface area contributed by atoms with E-state index in [1.807, 2.05) is 0 Å². The summed E-state index contributed by atoms with van der Waals surface area (Å²) in [5.74, 6) is 2.56. The van der Waals surface area contributed by atoms with Crippen molar-refractivity contribution in [1.82, 2.24) is 10.2 Å². The molecule has 1 heterocycles. The van der Waals surface area contributed by atoms with Crippen molar-refractivity contribution in [3.05, 3.63) is 0 Å². The Hall–Kier alpha value is -0.570. The Morgan fingerprint density at radius 1 is 1.14 bits per heavy atom. The maximum Gasteiger partial charge on any atom is 0.241 e. The first-order valence-electron chi connectivity index (χ1n) is 9.20. The third-order valence-electron chi connectivity index (χ3n) is 6.22. The predicted molar refractivity (Wildman–Crippen MR) is 85.8 cm³/mol. The number of nitrogens with zero attached hydrogens (tertiary/aromatic N) is 1. The second kappa shape index (κ2) is 6.28. The van der Waals surface area contributed by atoms with Crippen LogP contribution in [0.4, 0.5) is 0 Å². The van der Waals surface area contributed by atoms with Crippen LogP contribution in [0.5, 0.6) is 0 Å². The lowest BCUT2D eigenvalue weighted by Crippen LogP contribution is -2.51. The van der Waals surface area contributed by atoms with E-state index in [0.717, 1.165) is 12.3 Å². The average Bonchev–Trinajstić information content (AvgIpc) is 3.07. The predicted octanol–water partition coefficient (Wildman–Crippen LogP) is 3.54. The molecule has 0 bridgehead atoms. The Balaban J connectivity index is 1.79. The van der Waals surface area contributed by atoms with Crippen LogP contribution in [0.2, 0.25) is 0 Å². The zero-order chi connectivity index (χ0) is 15.0. The molecule has 120 valence electrons. The first-order valence-corrected chi connectivity index (χ1v) is 9.20. The molecular weight excluding hydrogens is 260 g/mol. The van der Waals surface area contributed by atoms with Crippen molar-refractivity contribution in [1.29, 1.82) is 0 Å². The van der Waals surface area contributed by atoms with Crippen molar-refractivity contribution >= 4 is 5.91 Å². The molecule has 1 saturated heterocycles. The first-order chi connectivity index (χ1) is 10.1.